The molecule has 6 heteroatoms. The van der Waals surface area contributed by atoms with Crippen molar-refractivity contribution in [2.45, 2.75) is 25.7 Å². The summed E-state index contributed by atoms with van der Waals surface area (Å²) in [6.45, 7) is 2.06. The maximum Gasteiger partial charge on any atom is 0.358 e. The molecule has 0 spiro atoms. The highest BCUT2D eigenvalue weighted by Gasteiger charge is 2.24. The van der Waals surface area contributed by atoms with Crippen molar-refractivity contribution < 1.29 is 9.53 Å². The van der Waals surface area contributed by atoms with E-state index >= 15 is 0 Å². The average molecular weight is 401 g/mol. The Morgan fingerprint density at radius 1 is 1.15 bits per heavy atom. The fraction of sp³-hybridized carbons (Fsp3) is 0.238. The van der Waals surface area contributed by atoms with Crippen molar-refractivity contribution in [3.63, 3.8) is 0 Å². The Labute approximate surface area is 167 Å². The maximum atomic E-state index is 12.2. The van der Waals surface area contributed by atoms with E-state index in [4.69, 9.17) is 27.9 Å². The molecule has 1 aliphatic carbocycles. The van der Waals surface area contributed by atoms with Crippen LogP contribution in [-0.2, 0) is 4.74 Å². The Morgan fingerprint density at radius 3 is 2.52 bits per heavy atom. The molecule has 0 N–H and O–H groups in total. The third kappa shape index (κ3) is 3.73. The van der Waals surface area contributed by atoms with Crippen LogP contribution >= 0.6 is 23.2 Å². The highest BCUT2D eigenvalue weighted by molar-refractivity contribution is 6.35. The molecule has 1 aliphatic rings. The van der Waals surface area contributed by atoms with Crippen LogP contribution in [0.3, 0.4) is 0 Å². The SMILES string of the molecule is CCOC(=O)c1cc(-c2ccc(C3CC3)cc2)n(-c2ccc(Cl)cc2Cl)n1. The van der Waals surface area contributed by atoms with Gasteiger partial charge < -0.3 is 4.74 Å². The van der Waals surface area contributed by atoms with Gasteiger partial charge in [-0.15, -0.1) is 0 Å². The van der Waals surface area contributed by atoms with E-state index in [1.807, 2.05) is 0 Å². The molecule has 1 saturated carbocycles. The van der Waals surface area contributed by atoms with Gasteiger partial charge in [0.15, 0.2) is 5.69 Å². The minimum atomic E-state index is -0.461. The monoisotopic (exact) mass is 400 g/mol. The van der Waals surface area contributed by atoms with Crippen LogP contribution < -0.4 is 0 Å². The van der Waals surface area contributed by atoms with Gasteiger partial charge in [-0.1, -0.05) is 47.5 Å². The lowest BCUT2D eigenvalue weighted by molar-refractivity contribution is 0.0519. The summed E-state index contributed by atoms with van der Waals surface area (Å²) in [7, 11) is 0. The largest absolute Gasteiger partial charge is 0.461 e. The summed E-state index contributed by atoms with van der Waals surface area (Å²) in [6, 6.07) is 15.3. The summed E-state index contributed by atoms with van der Waals surface area (Å²) in [5, 5.41) is 5.44. The van der Waals surface area contributed by atoms with Gasteiger partial charge in [-0.2, -0.15) is 5.10 Å². The fourth-order valence-corrected chi connectivity index (χ4v) is 3.56. The van der Waals surface area contributed by atoms with Crippen LogP contribution in [0.2, 0.25) is 10.0 Å². The highest BCUT2D eigenvalue weighted by atomic mass is 35.5. The van der Waals surface area contributed by atoms with E-state index in [-0.39, 0.29) is 5.69 Å². The number of halogens is 2. The van der Waals surface area contributed by atoms with E-state index in [2.05, 4.69) is 29.4 Å². The van der Waals surface area contributed by atoms with Gasteiger partial charge in [-0.25, -0.2) is 9.48 Å². The molecule has 138 valence electrons. The van der Waals surface area contributed by atoms with E-state index in [9.17, 15) is 4.79 Å². The summed E-state index contributed by atoms with van der Waals surface area (Å²) >= 11 is 12.4. The van der Waals surface area contributed by atoms with Crippen LogP contribution in [0.1, 0.15) is 41.7 Å². The molecule has 3 aromatic rings. The smallest absolute Gasteiger partial charge is 0.358 e. The number of hydrogen-bond donors (Lipinski definition) is 0. The number of nitrogens with zero attached hydrogens (tertiary/aromatic N) is 2. The summed E-state index contributed by atoms with van der Waals surface area (Å²) in [4.78, 5) is 12.2. The molecule has 0 atom stereocenters. The van der Waals surface area contributed by atoms with Crippen molar-refractivity contribution in [2.24, 2.45) is 0 Å². The number of esters is 1. The van der Waals surface area contributed by atoms with Gasteiger partial charge in [0, 0.05) is 10.6 Å². The zero-order chi connectivity index (χ0) is 19.0. The van der Waals surface area contributed by atoms with Crippen molar-refractivity contribution in [3.8, 4) is 16.9 Å². The minimum Gasteiger partial charge on any atom is -0.461 e. The first-order chi connectivity index (χ1) is 13.1. The van der Waals surface area contributed by atoms with Crippen LogP contribution in [0.15, 0.2) is 48.5 Å². The molecule has 0 bridgehead atoms. The van der Waals surface area contributed by atoms with Gasteiger partial charge in [-0.05, 0) is 55.5 Å². The lowest BCUT2D eigenvalue weighted by atomic mass is 10.1. The Balaban J connectivity index is 1.81. The van der Waals surface area contributed by atoms with Gasteiger partial charge in [0.25, 0.3) is 0 Å². The van der Waals surface area contributed by atoms with Crippen LogP contribution in [0.5, 0.6) is 0 Å². The molecule has 27 heavy (non-hydrogen) atoms. The predicted octanol–water partition coefficient (Wildman–Crippen LogP) is 5.90. The third-order valence-electron chi connectivity index (χ3n) is 4.59. The van der Waals surface area contributed by atoms with E-state index in [1.165, 1.54) is 18.4 Å². The zero-order valence-electron chi connectivity index (χ0n) is 14.8. The molecule has 1 aromatic heterocycles. The van der Waals surface area contributed by atoms with Crippen LogP contribution in [0.25, 0.3) is 16.9 Å². The minimum absolute atomic E-state index is 0.240. The molecular formula is C21H18Cl2N2O2. The van der Waals surface area contributed by atoms with Gasteiger partial charge in [-0.3, -0.25) is 0 Å². The van der Waals surface area contributed by atoms with Gasteiger partial charge >= 0.3 is 5.97 Å². The Morgan fingerprint density at radius 2 is 1.89 bits per heavy atom. The van der Waals surface area contributed by atoms with E-state index in [1.54, 1.807) is 35.9 Å². The lowest BCUT2D eigenvalue weighted by Crippen LogP contribution is -2.07. The number of benzene rings is 2. The number of aromatic nitrogens is 2. The molecule has 1 fully saturated rings. The second kappa shape index (κ2) is 7.37. The first kappa shape index (κ1) is 18.1. The van der Waals surface area contributed by atoms with Crippen molar-refractivity contribution in [1.82, 2.24) is 9.78 Å². The number of carbonyl (C=O) groups excluding carboxylic acids is 1. The topological polar surface area (TPSA) is 44.1 Å². The van der Waals surface area contributed by atoms with Crippen molar-refractivity contribution in [2.75, 3.05) is 6.61 Å². The standard InChI is InChI=1S/C21H18Cl2N2O2/c1-2-27-21(26)18-12-20(15-7-5-14(6-8-15)13-3-4-13)25(24-18)19-10-9-16(22)11-17(19)23/h5-13H,2-4H2,1H3. The number of ether oxygens (including phenoxy) is 1. The molecule has 0 radical (unpaired) electrons. The molecule has 0 aliphatic heterocycles. The normalized spacial score (nSPS) is 13.6. The van der Waals surface area contributed by atoms with E-state index in [0.29, 0.717) is 28.3 Å². The molecule has 4 nitrogen and oxygen atoms in total. The Kier molecular flexibility index (Phi) is 4.94. The van der Waals surface area contributed by atoms with Crippen LogP contribution in [0, 0.1) is 0 Å². The Hall–Kier alpha value is -2.30. The second-order valence-corrected chi connectivity index (χ2v) is 7.38. The summed E-state index contributed by atoms with van der Waals surface area (Å²) < 4.78 is 6.77. The fourth-order valence-electron chi connectivity index (χ4n) is 3.07. The molecule has 2 aromatic carbocycles. The highest BCUT2D eigenvalue weighted by Crippen LogP contribution is 2.40. The molecule has 0 saturated heterocycles. The van der Waals surface area contributed by atoms with E-state index < -0.39 is 5.97 Å². The number of carbonyl (C=O) groups is 1. The summed E-state index contributed by atoms with van der Waals surface area (Å²) in [6.07, 6.45) is 2.51. The second-order valence-electron chi connectivity index (χ2n) is 6.54. The first-order valence-corrected chi connectivity index (χ1v) is 9.65. The van der Waals surface area contributed by atoms with Crippen LogP contribution in [-0.4, -0.2) is 22.4 Å². The first-order valence-electron chi connectivity index (χ1n) is 8.89. The molecule has 0 amide bonds. The third-order valence-corrected chi connectivity index (χ3v) is 5.12. The van der Waals surface area contributed by atoms with Crippen LogP contribution in [0.4, 0.5) is 0 Å². The number of hydrogen-bond acceptors (Lipinski definition) is 3. The molecule has 1 heterocycles. The summed E-state index contributed by atoms with van der Waals surface area (Å²) in [5.41, 5.74) is 3.96. The summed E-state index contributed by atoms with van der Waals surface area (Å²) in [5.74, 6) is 0.224. The van der Waals surface area contributed by atoms with Crippen molar-refractivity contribution in [3.05, 3.63) is 69.8 Å². The van der Waals surface area contributed by atoms with Crippen molar-refractivity contribution in [1.29, 1.82) is 0 Å². The quantitative estimate of drug-likeness (QED) is 0.500. The average Bonchev–Trinajstić information content (AvgIpc) is 3.41. The maximum absolute atomic E-state index is 12.2. The molecular weight excluding hydrogens is 383 g/mol. The van der Waals surface area contributed by atoms with Crippen molar-refractivity contribution >= 4 is 29.2 Å². The Bertz CT molecular complexity index is 992. The van der Waals surface area contributed by atoms with Gasteiger partial charge in [0.2, 0.25) is 0 Å². The zero-order valence-corrected chi connectivity index (χ0v) is 16.3. The number of rotatable bonds is 5. The van der Waals surface area contributed by atoms with Gasteiger partial charge in [0.05, 0.1) is 23.0 Å². The van der Waals surface area contributed by atoms with E-state index in [0.717, 1.165) is 11.3 Å². The molecule has 0 unspecified atom stereocenters. The molecule has 4 rings (SSSR count). The predicted molar refractivity (Wildman–Crippen MR) is 107 cm³/mol. The van der Waals surface area contributed by atoms with Gasteiger partial charge in [0.1, 0.15) is 0 Å². The lowest BCUT2D eigenvalue weighted by Gasteiger charge is -2.10.